The molecule has 3 aromatic carbocycles. The summed E-state index contributed by atoms with van der Waals surface area (Å²) < 4.78 is 15.0. The zero-order chi connectivity index (χ0) is 27.4. The van der Waals surface area contributed by atoms with Crippen LogP contribution < -0.4 is 15.0 Å². The Hall–Kier alpha value is -3.23. The molecule has 0 amide bonds. The molecule has 0 aliphatic carbocycles. The summed E-state index contributed by atoms with van der Waals surface area (Å²) in [4.78, 5) is 18.2. The Labute approximate surface area is 243 Å². The lowest BCUT2D eigenvalue weighted by Crippen LogP contribution is -2.29. The van der Waals surface area contributed by atoms with Gasteiger partial charge in [0, 0.05) is 15.5 Å². The molecule has 0 bridgehead atoms. The Morgan fingerprint density at radius 3 is 2.63 bits per heavy atom. The van der Waals surface area contributed by atoms with Crippen LogP contribution in [0.25, 0.3) is 10.9 Å². The zero-order valence-electron chi connectivity index (χ0n) is 21.5. The van der Waals surface area contributed by atoms with Crippen LogP contribution in [0.3, 0.4) is 0 Å². The minimum absolute atomic E-state index is 0.232. The molecule has 0 unspecified atom stereocenters. The standard InChI is InChI=1S/C29H26BrIN4O3/c1-5-37-25-13-18(12-23(31)26(25)38-17-20-9-7-6-8-19(20)15-32)16-33-35-27(36)22-14-21(30)10-11-24(22)34-28(35)29(2,3)4/h6-14,16H,5,17H2,1-4H3. The van der Waals surface area contributed by atoms with E-state index in [9.17, 15) is 10.1 Å². The molecule has 0 saturated heterocycles. The van der Waals surface area contributed by atoms with Gasteiger partial charge in [-0.2, -0.15) is 15.0 Å². The van der Waals surface area contributed by atoms with Crippen molar-refractivity contribution in [3.05, 3.63) is 95.5 Å². The Morgan fingerprint density at radius 2 is 1.92 bits per heavy atom. The SMILES string of the molecule is CCOc1cc(C=Nn2c(C(C)(C)C)nc3ccc(Br)cc3c2=O)cc(I)c1OCc1ccccc1C#N. The fraction of sp³-hybridized carbons (Fsp3) is 0.241. The van der Waals surface area contributed by atoms with Crippen LogP contribution in [-0.2, 0) is 12.0 Å². The van der Waals surface area contributed by atoms with Gasteiger partial charge in [-0.15, -0.1) is 0 Å². The van der Waals surface area contributed by atoms with Crippen molar-refractivity contribution in [1.29, 1.82) is 5.26 Å². The highest BCUT2D eigenvalue weighted by Crippen LogP contribution is 2.35. The molecule has 38 heavy (non-hydrogen) atoms. The van der Waals surface area contributed by atoms with Gasteiger partial charge in [-0.25, -0.2) is 4.98 Å². The first-order valence-corrected chi connectivity index (χ1v) is 13.8. The normalized spacial score (nSPS) is 11.6. The lowest BCUT2D eigenvalue weighted by atomic mass is 9.95. The lowest BCUT2D eigenvalue weighted by molar-refractivity contribution is 0.267. The molecule has 0 fully saturated rings. The molecule has 0 aliphatic rings. The molecule has 4 aromatic rings. The van der Waals surface area contributed by atoms with Gasteiger partial charge in [0.2, 0.25) is 0 Å². The quantitative estimate of drug-likeness (QED) is 0.158. The minimum Gasteiger partial charge on any atom is -0.490 e. The van der Waals surface area contributed by atoms with Crippen LogP contribution >= 0.6 is 38.5 Å². The van der Waals surface area contributed by atoms with E-state index in [0.29, 0.717) is 40.4 Å². The third kappa shape index (κ3) is 6.08. The van der Waals surface area contributed by atoms with Crippen LogP contribution in [0.15, 0.2) is 69.0 Å². The van der Waals surface area contributed by atoms with E-state index in [1.165, 1.54) is 4.68 Å². The monoisotopic (exact) mass is 684 g/mol. The van der Waals surface area contributed by atoms with E-state index in [2.05, 4.69) is 49.7 Å². The van der Waals surface area contributed by atoms with E-state index in [-0.39, 0.29) is 12.2 Å². The van der Waals surface area contributed by atoms with Crippen molar-refractivity contribution in [2.24, 2.45) is 5.10 Å². The number of rotatable bonds is 7. The Morgan fingerprint density at radius 1 is 1.16 bits per heavy atom. The molecule has 0 radical (unpaired) electrons. The number of nitrogens with zero attached hydrogens (tertiary/aromatic N) is 4. The predicted molar refractivity (Wildman–Crippen MR) is 161 cm³/mol. The third-order valence-electron chi connectivity index (χ3n) is 5.64. The number of hydrogen-bond donors (Lipinski definition) is 0. The van der Waals surface area contributed by atoms with Gasteiger partial charge in [0.15, 0.2) is 11.5 Å². The van der Waals surface area contributed by atoms with Gasteiger partial charge in [-0.3, -0.25) is 4.79 Å². The third-order valence-corrected chi connectivity index (χ3v) is 6.94. The van der Waals surface area contributed by atoms with E-state index in [4.69, 9.17) is 14.5 Å². The van der Waals surface area contributed by atoms with Crippen LogP contribution in [-0.4, -0.2) is 22.5 Å². The summed E-state index contributed by atoms with van der Waals surface area (Å²) >= 11 is 5.63. The summed E-state index contributed by atoms with van der Waals surface area (Å²) in [6.07, 6.45) is 1.63. The molecule has 0 atom stereocenters. The maximum absolute atomic E-state index is 13.5. The molecule has 0 spiro atoms. The predicted octanol–water partition coefficient (Wildman–Crippen LogP) is 6.79. The minimum atomic E-state index is -0.417. The zero-order valence-corrected chi connectivity index (χ0v) is 25.2. The number of nitriles is 1. The number of aromatic nitrogens is 2. The van der Waals surface area contributed by atoms with Gasteiger partial charge in [-0.05, 0) is 71.5 Å². The second-order valence-corrected chi connectivity index (χ2v) is 11.6. The van der Waals surface area contributed by atoms with Crippen molar-refractivity contribution in [2.45, 2.75) is 39.7 Å². The largest absolute Gasteiger partial charge is 0.490 e. The van der Waals surface area contributed by atoms with E-state index in [1.54, 1.807) is 18.3 Å². The number of halogens is 2. The van der Waals surface area contributed by atoms with Crippen molar-refractivity contribution in [3.63, 3.8) is 0 Å². The Balaban J connectivity index is 1.74. The fourth-order valence-electron chi connectivity index (χ4n) is 3.84. The van der Waals surface area contributed by atoms with E-state index < -0.39 is 5.41 Å². The van der Waals surface area contributed by atoms with E-state index >= 15 is 0 Å². The van der Waals surface area contributed by atoms with Gasteiger partial charge in [0.25, 0.3) is 5.56 Å². The van der Waals surface area contributed by atoms with Crippen molar-refractivity contribution in [1.82, 2.24) is 9.66 Å². The lowest BCUT2D eigenvalue weighted by Gasteiger charge is -2.21. The van der Waals surface area contributed by atoms with Gasteiger partial charge < -0.3 is 9.47 Å². The highest BCUT2D eigenvalue weighted by Gasteiger charge is 2.23. The Bertz CT molecular complexity index is 1630. The molecule has 9 heteroatoms. The topological polar surface area (TPSA) is 89.5 Å². The van der Waals surface area contributed by atoms with Gasteiger partial charge in [0.05, 0.1) is 38.9 Å². The summed E-state index contributed by atoms with van der Waals surface area (Å²) in [6, 6.07) is 18.7. The van der Waals surface area contributed by atoms with Crippen molar-refractivity contribution in [2.75, 3.05) is 6.61 Å². The molecule has 194 valence electrons. The van der Waals surface area contributed by atoms with Crippen molar-refractivity contribution in [3.8, 4) is 17.6 Å². The summed E-state index contributed by atoms with van der Waals surface area (Å²) in [5, 5.41) is 14.4. The average molecular weight is 685 g/mol. The van der Waals surface area contributed by atoms with Gasteiger partial charge in [-0.1, -0.05) is 54.9 Å². The van der Waals surface area contributed by atoms with Crippen LogP contribution in [0, 0.1) is 14.9 Å². The average Bonchev–Trinajstić information content (AvgIpc) is 2.87. The molecule has 4 rings (SSSR count). The first-order chi connectivity index (χ1) is 18.1. The van der Waals surface area contributed by atoms with Gasteiger partial charge >= 0.3 is 0 Å². The highest BCUT2D eigenvalue weighted by molar-refractivity contribution is 14.1. The molecular formula is C29H26BrIN4O3. The van der Waals surface area contributed by atoms with E-state index in [0.717, 1.165) is 19.2 Å². The first-order valence-electron chi connectivity index (χ1n) is 12.0. The molecule has 7 nitrogen and oxygen atoms in total. The highest BCUT2D eigenvalue weighted by atomic mass is 127. The molecule has 0 saturated carbocycles. The summed E-state index contributed by atoms with van der Waals surface area (Å²) in [5.74, 6) is 1.70. The summed E-state index contributed by atoms with van der Waals surface area (Å²) in [5.41, 5.74) is 2.07. The van der Waals surface area contributed by atoms with Crippen LogP contribution in [0.5, 0.6) is 11.5 Å². The smallest absolute Gasteiger partial charge is 0.282 e. The van der Waals surface area contributed by atoms with E-state index in [1.807, 2.05) is 70.2 Å². The number of benzene rings is 3. The summed E-state index contributed by atoms with van der Waals surface area (Å²) in [6.45, 7) is 8.57. The molecule has 0 aliphatic heterocycles. The van der Waals surface area contributed by atoms with Crippen molar-refractivity contribution >= 4 is 55.6 Å². The number of ether oxygens (including phenoxy) is 2. The summed E-state index contributed by atoms with van der Waals surface area (Å²) in [7, 11) is 0. The Kier molecular flexibility index (Phi) is 8.53. The van der Waals surface area contributed by atoms with Gasteiger partial charge in [0.1, 0.15) is 12.4 Å². The fourth-order valence-corrected chi connectivity index (χ4v) is 4.98. The van der Waals surface area contributed by atoms with Crippen LogP contribution in [0.1, 0.15) is 50.2 Å². The molecule has 0 N–H and O–H groups in total. The van der Waals surface area contributed by atoms with Crippen LogP contribution in [0.2, 0.25) is 0 Å². The van der Waals surface area contributed by atoms with Crippen LogP contribution in [0.4, 0.5) is 0 Å². The second kappa shape index (κ2) is 11.7. The first kappa shape index (κ1) is 27.8. The second-order valence-electron chi connectivity index (χ2n) is 9.53. The molecule has 1 heterocycles. The molecular weight excluding hydrogens is 659 g/mol. The number of hydrogen-bond acceptors (Lipinski definition) is 6. The van der Waals surface area contributed by atoms with Crippen molar-refractivity contribution < 1.29 is 9.47 Å². The molecule has 1 aromatic heterocycles. The maximum atomic E-state index is 13.5. The maximum Gasteiger partial charge on any atom is 0.282 e. The number of fused-ring (bicyclic) bond motifs is 1.